The number of imide groups is 1. The number of anilines is 1. The van der Waals surface area contributed by atoms with Gasteiger partial charge in [0.1, 0.15) is 5.54 Å². The Morgan fingerprint density at radius 3 is 2.72 bits per heavy atom. The second kappa shape index (κ2) is 6.93. The zero-order chi connectivity index (χ0) is 20.9. The lowest BCUT2D eigenvalue weighted by molar-refractivity contribution is -0.143. The van der Waals surface area contributed by atoms with Crippen LogP contribution in [0.15, 0.2) is 18.2 Å². The molecule has 4 rings (SSSR count). The van der Waals surface area contributed by atoms with Crippen LogP contribution in [0.25, 0.3) is 0 Å². The number of para-hydroxylation sites is 1. The number of fused-ring (bicyclic) bond motifs is 4. The van der Waals surface area contributed by atoms with E-state index in [4.69, 9.17) is 10.5 Å². The average molecular weight is 400 g/mol. The van der Waals surface area contributed by atoms with Crippen molar-refractivity contribution in [1.29, 1.82) is 0 Å². The number of carbonyl (C=O) groups excluding carboxylic acids is 4. The highest BCUT2D eigenvalue weighted by molar-refractivity contribution is 6.15. The standard InChI is InChI=1S/C20H24N4O5/c1-10-4-3-5-11-16(10)22-19(28)20(11)15-14(12(23-20)6-7-13(21)25)17(26)24(18(15)27)8-9-29-2/h3-5,12,14-15,23H,6-9H2,1-2H3,(H2,21,25)(H,22,28). The van der Waals surface area contributed by atoms with Gasteiger partial charge < -0.3 is 15.8 Å². The van der Waals surface area contributed by atoms with Crippen molar-refractivity contribution < 1.29 is 23.9 Å². The van der Waals surface area contributed by atoms with Crippen LogP contribution in [0.1, 0.15) is 24.0 Å². The summed E-state index contributed by atoms with van der Waals surface area (Å²) in [6.45, 7) is 2.22. The van der Waals surface area contributed by atoms with E-state index in [1.807, 2.05) is 19.1 Å². The third-order valence-electron chi connectivity index (χ3n) is 6.27. The first-order chi connectivity index (χ1) is 13.8. The predicted octanol–water partition coefficient (Wildman–Crippen LogP) is -0.373. The summed E-state index contributed by atoms with van der Waals surface area (Å²) in [6, 6.07) is 4.99. The Bertz CT molecular complexity index is 916. The summed E-state index contributed by atoms with van der Waals surface area (Å²) >= 11 is 0. The van der Waals surface area contributed by atoms with Crippen LogP contribution in [0.5, 0.6) is 0 Å². The maximum atomic E-state index is 13.3. The Labute approximate surface area is 167 Å². The van der Waals surface area contributed by atoms with Crippen LogP contribution >= 0.6 is 0 Å². The SMILES string of the molecule is COCCN1C(=O)C2C(CCC(N)=O)NC3(C(=O)Nc4c(C)cccc43)C2C1=O. The van der Waals surface area contributed by atoms with E-state index in [2.05, 4.69) is 10.6 Å². The first-order valence-electron chi connectivity index (χ1n) is 9.64. The lowest BCUT2D eigenvalue weighted by atomic mass is 9.76. The van der Waals surface area contributed by atoms with Crippen molar-refractivity contribution in [1.82, 2.24) is 10.2 Å². The fourth-order valence-corrected chi connectivity index (χ4v) is 4.98. The largest absolute Gasteiger partial charge is 0.383 e. The third-order valence-corrected chi connectivity index (χ3v) is 6.27. The molecule has 0 radical (unpaired) electrons. The summed E-state index contributed by atoms with van der Waals surface area (Å²) in [5.41, 5.74) is 6.16. The summed E-state index contributed by atoms with van der Waals surface area (Å²) in [7, 11) is 1.49. The number of methoxy groups -OCH3 is 1. The summed E-state index contributed by atoms with van der Waals surface area (Å²) in [4.78, 5) is 52.2. The summed E-state index contributed by atoms with van der Waals surface area (Å²) < 4.78 is 5.04. The van der Waals surface area contributed by atoms with Crippen molar-refractivity contribution in [2.75, 3.05) is 25.6 Å². The van der Waals surface area contributed by atoms with Crippen molar-refractivity contribution >= 4 is 29.3 Å². The Kier molecular flexibility index (Phi) is 4.66. The van der Waals surface area contributed by atoms with Gasteiger partial charge in [-0.3, -0.25) is 29.4 Å². The van der Waals surface area contributed by atoms with Gasteiger partial charge in [-0.25, -0.2) is 0 Å². The van der Waals surface area contributed by atoms with Crippen LogP contribution in [-0.2, 0) is 29.5 Å². The highest BCUT2D eigenvalue weighted by Crippen LogP contribution is 2.53. The summed E-state index contributed by atoms with van der Waals surface area (Å²) in [5.74, 6) is -3.21. The zero-order valence-electron chi connectivity index (χ0n) is 16.4. The number of rotatable bonds is 6. The van der Waals surface area contributed by atoms with E-state index in [1.165, 1.54) is 12.0 Å². The van der Waals surface area contributed by atoms with Crippen molar-refractivity contribution in [2.24, 2.45) is 17.6 Å². The number of nitrogens with one attached hydrogen (secondary N) is 2. The molecule has 9 heteroatoms. The molecule has 29 heavy (non-hydrogen) atoms. The number of amides is 4. The number of primary amides is 1. The van der Waals surface area contributed by atoms with Gasteiger partial charge in [0.25, 0.3) is 0 Å². The van der Waals surface area contributed by atoms with E-state index in [1.54, 1.807) is 6.07 Å². The number of likely N-dealkylation sites (tertiary alicyclic amines) is 1. The summed E-state index contributed by atoms with van der Waals surface area (Å²) in [6.07, 6.45) is 0.322. The molecule has 2 saturated heterocycles. The molecule has 3 aliphatic rings. The molecule has 2 fully saturated rings. The van der Waals surface area contributed by atoms with Crippen LogP contribution in [-0.4, -0.2) is 54.8 Å². The van der Waals surface area contributed by atoms with Crippen molar-refractivity contribution in [3.63, 3.8) is 0 Å². The van der Waals surface area contributed by atoms with Crippen LogP contribution in [0.4, 0.5) is 5.69 Å². The molecule has 3 aliphatic heterocycles. The highest BCUT2D eigenvalue weighted by Gasteiger charge is 2.70. The van der Waals surface area contributed by atoms with Gasteiger partial charge in [0.15, 0.2) is 0 Å². The number of nitrogens with two attached hydrogens (primary N) is 1. The molecule has 0 aliphatic carbocycles. The molecule has 0 aromatic heterocycles. The molecular formula is C20H24N4O5. The predicted molar refractivity (Wildman–Crippen MR) is 102 cm³/mol. The van der Waals surface area contributed by atoms with E-state index in [-0.39, 0.29) is 37.8 Å². The summed E-state index contributed by atoms with van der Waals surface area (Å²) in [5, 5.41) is 6.17. The smallest absolute Gasteiger partial charge is 0.250 e. The minimum atomic E-state index is -1.34. The quantitative estimate of drug-likeness (QED) is 0.559. The molecule has 4 N–H and O–H groups in total. The number of carbonyl (C=O) groups is 4. The number of ether oxygens (including phenoxy) is 1. The maximum absolute atomic E-state index is 13.3. The van der Waals surface area contributed by atoms with Gasteiger partial charge in [0.2, 0.25) is 23.6 Å². The van der Waals surface area contributed by atoms with Gasteiger partial charge in [-0.1, -0.05) is 18.2 Å². The second-order valence-corrected chi connectivity index (χ2v) is 7.84. The molecule has 9 nitrogen and oxygen atoms in total. The molecule has 0 bridgehead atoms. The number of aryl methyl sites for hydroxylation is 1. The molecular weight excluding hydrogens is 376 g/mol. The van der Waals surface area contributed by atoms with Gasteiger partial charge >= 0.3 is 0 Å². The van der Waals surface area contributed by atoms with Crippen molar-refractivity contribution in [3.8, 4) is 0 Å². The Morgan fingerprint density at radius 2 is 2.03 bits per heavy atom. The van der Waals surface area contributed by atoms with Gasteiger partial charge in [-0.15, -0.1) is 0 Å². The average Bonchev–Trinajstić information content (AvgIpc) is 3.25. The molecule has 4 unspecified atom stereocenters. The maximum Gasteiger partial charge on any atom is 0.250 e. The Hall–Kier alpha value is -2.78. The molecule has 3 heterocycles. The Balaban J connectivity index is 1.81. The zero-order valence-corrected chi connectivity index (χ0v) is 16.4. The van der Waals surface area contributed by atoms with E-state index in [0.717, 1.165) is 5.56 Å². The van der Waals surface area contributed by atoms with Crippen molar-refractivity contribution in [2.45, 2.75) is 31.3 Å². The molecule has 1 aromatic rings. The first kappa shape index (κ1) is 19.5. The lowest BCUT2D eigenvalue weighted by Crippen LogP contribution is -2.53. The van der Waals surface area contributed by atoms with E-state index < -0.39 is 35.2 Å². The van der Waals surface area contributed by atoms with Gasteiger partial charge in [-0.05, 0) is 18.9 Å². The molecule has 4 amide bonds. The fraction of sp³-hybridized carbons (Fsp3) is 0.500. The number of hydrogen-bond acceptors (Lipinski definition) is 6. The Morgan fingerprint density at radius 1 is 1.28 bits per heavy atom. The lowest BCUT2D eigenvalue weighted by Gasteiger charge is -2.29. The van der Waals surface area contributed by atoms with Crippen LogP contribution in [0, 0.1) is 18.8 Å². The van der Waals surface area contributed by atoms with Crippen LogP contribution < -0.4 is 16.4 Å². The van der Waals surface area contributed by atoms with E-state index in [0.29, 0.717) is 11.3 Å². The molecule has 1 aromatic carbocycles. The van der Waals surface area contributed by atoms with Crippen molar-refractivity contribution in [3.05, 3.63) is 29.3 Å². The van der Waals surface area contributed by atoms with Crippen LogP contribution in [0.3, 0.4) is 0 Å². The second-order valence-electron chi connectivity index (χ2n) is 7.84. The molecule has 154 valence electrons. The molecule has 1 spiro atoms. The normalized spacial score (nSPS) is 30.1. The molecule has 4 atom stereocenters. The first-order valence-corrected chi connectivity index (χ1v) is 9.64. The van der Waals surface area contributed by atoms with E-state index >= 15 is 0 Å². The van der Waals surface area contributed by atoms with Crippen LogP contribution in [0.2, 0.25) is 0 Å². The minimum absolute atomic E-state index is 0.0544. The highest BCUT2D eigenvalue weighted by atomic mass is 16.5. The topological polar surface area (TPSA) is 131 Å². The van der Waals surface area contributed by atoms with E-state index in [9.17, 15) is 19.2 Å². The number of nitrogens with zero attached hydrogens (tertiary/aromatic N) is 1. The van der Waals surface area contributed by atoms with Gasteiger partial charge in [0.05, 0.1) is 25.0 Å². The van der Waals surface area contributed by atoms with Gasteiger partial charge in [0, 0.05) is 30.8 Å². The van der Waals surface area contributed by atoms with Gasteiger partial charge in [-0.2, -0.15) is 0 Å². The number of hydrogen-bond donors (Lipinski definition) is 3. The number of benzene rings is 1. The monoisotopic (exact) mass is 400 g/mol. The third kappa shape index (κ3) is 2.68. The molecule has 0 saturated carbocycles. The fourth-order valence-electron chi connectivity index (χ4n) is 4.98. The minimum Gasteiger partial charge on any atom is -0.383 e.